The van der Waals surface area contributed by atoms with Crippen molar-refractivity contribution in [2.75, 3.05) is 46.1 Å². The van der Waals surface area contributed by atoms with E-state index in [1.54, 1.807) is 29.2 Å². The number of hydrogen-bond donors (Lipinski definition) is 0. The SMILES string of the molecule is CCCC(C(=O)N(CCC(=O)OCC1CO1)CC1=CCC(C)C=C1)N1C(=O)c2cc(Oc3ccc(C(C)(C)CC(C)(C)C)cc3)c3c4c(Oc5ccc(C(C)(C)CC(C)(C)C)cc5)cc5c6c(cc(Oc7ccc(C(C)(C)CC(C)(C)C)cc7)c(c7c(Oc8ccc(C(C)(C)CC(C)(C)C)cc8)cc(c2c37)C1=O)c64)C(=O)N(C(CCC)C(=O)N(CCC(=O)OCC1CO1)Cc1ccc(C)cc1)C5=O. The Hall–Kier alpha value is -11.7. The minimum absolute atomic E-state index is 0.00698. The number of epoxide rings is 2. The molecule has 20 heteroatoms. The van der Waals surface area contributed by atoms with E-state index < -0.39 is 59.5 Å². The number of ether oxygens (including phenoxy) is 8. The summed E-state index contributed by atoms with van der Waals surface area (Å²) in [6, 6.07) is 43.0. The van der Waals surface area contributed by atoms with Gasteiger partial charge in [-0.15, -0.1) is 0 Å². The van der Waals surface area contributed by atoms with Gasteiger partial charge in [-0.3, -0.25) is 48.2 Å². The van der Waals surface area contributed by atoms with Crippen molar-refractivity contribution >= 4 is 90.5 Å². The number of carbonyl (C=O) groups excluding carboxylic acids is 8. The summed E-state index contributed by atoms with van der Waals surface area (Å²) in [6.45, 7) is 53.2. The van der Waals surface area contributed by atoms with Gasteiger partial charge >= 0.3 is 11.9 Å². The van der Waals surface area contributed by atoms with Crippen LogP contribution in [0.3, 0.4) is 0 Å². The lowest BCUT2D eigenvalue weighted by atomic mass is 9.72. The van der Waals surface area contributed by atoms with Crippen molar-refractivity contribution in [1.82, 2.24) is 19.6 Å². The third-order valence-corrected chi connectivity index (χ3v) is 27.3. The molecule has 20 nitrogen and oxygen atoms in total. The van der Waals surface area contributed by atoms with Gasteiger partial charge in [-0.25, -0.2) is 0 Å². The van der Waals surface area contributed by atoms with Crippen LogP contribution < -0.4 is 18.9 Å². The fourth-order valence-corrected chi connectivity index (χ4v) is 22.1. The molecule has 1 aliphatic carbocycles. The average molecular weight is 1870 g/mol. The molecule has 10 aromatic carbocycles. The van der Waals surface area contributed by atoms with Crippen LogP contribution in [0.4, 0.5) is 0 Å². The normalized spacial score (nSPS) is 16.9. The highest BCUT2D eigenvalue weighted by atomic mass is 16.6. The molecule has 4 heterocycles. The molecule has 0 N–H and O–H groups in total. The molecule has 730 valence electrons. The van der Waals surface area contributed by atoms with Crippen LogP contribution in [0.25, 0.3) is 43.1 Å². The molecule has 5 unspecified atom stereocenters. The summed E-state index contributed by atoms with van der Waals surface area (Å²) in [7, 11) is 0. The number of aryl methyl sites for hydroxylation is 1. The Morgan fingerprint density at radius 3 is 0.949 bits per heavy atom. The van der Waals surface area contributed by atoms with E-state index in [0.29, 0.717) is 55.5 Å². The van der Waals surface area contributed by atoms with Crippen LogP contribution in [-0.4, -0.2) is 137 Å². The molecule has 2 saturated heterocycles. The average Bonchev–Trinajstić information content (AvgIpc) is 1.22. The highest BCUT2D eigenvalue weighted by molar-refractivity contribution is 6.45. The number of carbonyl (C=O) groups is 8. The van der Waals surface area contributed by atoms with Crippen LogP contribution in [0.15, 0.2) is 169 Å². The molecule has 5 atom stereocenters. The topological polar surface area (TPSA) is 230 Å². The number of imide groups is 2. The van der Waals surface area contributed by atoms with Gasteiger partial charge in [0.15, 0.2) is 0 Å². The first-order chi connectivity index (χ1) is 64.8. The molecule has 5 aliphatic rings. The van der Waals surface area contributed by atoms with Gasteiger partial charge in [-0.1, -0.05) is 269 Å². The zero-order chi connectivity index (χ0) is 99.6. The van der Waals surface area contributed by atoms with Crippen molar-refractivity contribution in [2.45, 2.75) is 289 Å². The quantitative estimate of drug-likeness (QED) is 0.0115. The second-order valence-corrected chi connectivity index (χ2v) is 46.9. The lowest BCUT2D eigenvalue weighted by Crippen LogP contribution is -2.55. The maximum atomic E-state index is 17.3. The Balaban J connectivity index is 1.06. The standard InChI is InChI=1S/C118H142N4O16/c1-25-27-89(109(129)119(61-73-33-29-71(3)30-34-73)55-53-95(123)133-65-83-63-131-83)121-105(125)85-57-91(135-79-45-37-75(38-46-79)115(17,18)67-111(5,6)7)99-101-93(137-81-49-41-77(42-50-81)117(21,22)69-113(11,12)13)59-87-98-88(108(128)122(107(87)127)90(28-26-2)110(130)120(62-74-35-31-72(4)32-36-74)56-54-96(124)134-66-84-64-132-84)60-94(138-82-51-43-78(44-52-82)118(23,24)70-114(14,15)16)102(104(98)101)100-92(58-86(106(121)126)97(85)103(99)100)136-80-47-39-76(40-48-80)116(19,20)68-112(8,9)10/h29-31,33-52,57-60,72,83-84,89-90H,25-28,32,53-56,61-70H2,1-24H3. The van der Waals surface area contributed by atoms with Crippen LogP contribution in [0.2, 0.25) is 0 Å². The number of amides is 6. The van der Waals surface area contributed by atoms with Crippen molar-refractivity contribution in [3.05, 3.63) is 225 Å². The van der Waals surface area contributed by atoms with Crippen molar-refractivity contribution in [1.29, 1.82) is 0 Å². The number of fused-ring (bicyclic) bond motifs is 2. The fourth-order valence-electron chi connectivity index (χ4n) is 22.1. The first-order valence-electron chi connectivity index (χ1n) is 49.7. The minimum Gasteiger partial charge on any atom is -0.463 e. The Labute approximate surface area is 815 Å². The van der Waals surface area contributed by atoms with Crippen molar-refractivity contribution in [2.24, 2.45) is 27.6 Å². The third kappa shape index (κ3) is 22.7. The van der Waals surface area contributed by atoms with E-state index in [2.05, 4.69) is 158 Å². The second-order valence-electron chi connectivity index (χ2n) is 46.9. The van der Waals surface area contributed by atoms with Gasteiger partial charge in [-0.05, 0) is 207 Å². The van der Waals surface area contributed by atoms with Crippen LogP contribution in [0.5, 0.6) is 46.0 Å². The van der Waals surface area contributed by atoms with E-state index in [1.165, 1.54) is 4.90 Å². The number of esters is 2. The number of hydrogen-bond acceptors (Lipinski definition) is 16. The van der Waals surface area contributed by atoms with E-state index in [0.717, 1.165) is 74.4 Å². The molecule has 2 fully saturated rings. The largest absolute Gasteiger partial charge is 0.463 e. The Kier molecular flexibility index (Phi) is 28.6. The van der Waals surface area contributed by atoms with Gasteiger partial charge in [0.1, 0.15) is 83.5 Å². The number of nitrogens with zero attached hydrogens (tertiary/aromatic N) is 4. The summed E-state index contributed by atoms with van der Waals surface area (Å²) >= 11 is 0. The van der Waals surface area contributed by atoms with Crippen LogP contribution in [0.1, 0.15) is 305 Å². The monoisotopic (exact) mass is 1870 g/mol. The molecule has 10 aromatic rings. The molecular formula is C118H142N4O16. The molecule has 0 spiro atoms. The molecule has 0 aromatic heterocycles. The lowest BCUT2D eigenvalue weighted by molar-refractivity contribution is -0.147. The zero-order valence-corrected chi connectivity index (χ0v) is 85.7. The van der Waals surface area contributed by atoms with E-state index in [1.807, 2.05) is 148 Å². The number of allylic oxidation sites excluding steroid dienone is 2. The molecule has 15 rings (SSSR count). The molecule has 4 aliphatic heterocycles. The predicted octanol–water partition coefficient (Wildman–Crippen LogP) is 26.6. The lowest BCUT2D eigenvalue weighted by Gasteiger charge is -2.38. The Bertz CT molecular complexity index is 6080. The summed E-state index contributed by atoms with van der Waals surface area (Å²) in [6.07, 6.45) is 10.1. The first kappa shape index (κ1) is 101. The van der Waals surface area contributed by atoms with Gasteiger partial charge in [0.2, 0.25) is 11.8 Å². The molecule has 0 radical (unpaired) electrons. The van der Waals surface area contributed by atoms with Crippen molar-refractivity contribution < 1.29 is 76.3 Å². The summed E-state index contributed by atoms with van der Waals surface area (Å²) < 4.78 is 52.8. The summed E-state index contributed by atoms with van der Waals surface area (Å²) in [5.41, 5.74) is 5.15. The van der Waals surface area contributed by atoms with Gasteiger partial charge in [0, 0.05) is 69.3 Å². The zero-order valence-electron chi connectivity index (χ0n) is 85.7. The molecule has 138 heavy (non-hydrogen) atoms. The molecule has 0 saturated carbocycles. The Morgan fingerprint density at radius 2 is 0.688 bits per heavy atom. The van der Waals surface area contributed by atoms with Crippen LogP contribution in [0, 0.1) is 34.5 Å². The van der Waals surface area contributed by atoms with Gasteiger partial charge in [0.05, 0.1) is 48.3 Å². The smallest absolute Gasteiger partial charge is 0.307 e. The second kappa shape index (κ2) is 39.2. The fraction of sp³-hybridized carbons (Fsp3) is 0.475. The summed E-state index contributed by atoms with van der Waals surface area (Å²) in [5, 5.41) is 1.98. The van der Waals surface area contributed by atoms with E-state index in [4.69, 9.17) is 37.9 Å². The maximum Gasteiger partial charge on any atom is 0.307 e. The maximum absolute atomic E-state index is 17.3. The first-order valence-corrected chi connectivity index (χ1v) is 49.7. The minimum atomic E-state index is -1.46. The van der Waals surface area contributed by atoms with Crippen LogP contribution in [-0.2, 0) is 66.3 Å². The van der Waals surface area contributed by atoms with Gasteiger partial charge < -0.3 is 47.7 Å². The molecule has 6 amide bonds. The molecule has 0 bridgehead atoms. The highest BCUT2D eigenvalue weighted by Gasteiger charge is 2.49. The van der Waals surface area contributed by atoms with E-state index in [-0.39, 0.29) is 215 Å². The van der Waals surface area contributed by atoms with Crippen LogP contribution >= 0.6 is 0 Å². The van der Waals surface area contributed by atoms with Gasteiger partial charge in [-0.2, -0.15) is 0 Å². The number of rotatable bonds is 38. The van der Waals surface area contributed by atoms with E-state index >= 15 is 28.8 Å². The van der Waals surface area contributed by atoms with E-state index in [9.17, 15) is 9.59 Å². The third-order valence-electron chi connectivity index (χ3n) is 27.3. The van der Waals surface area contributed by atoms with Crippen molar-refractivity contribution in [3.63, 3.8) is 0 Å². The summed E-state index contributed by atoms with van der Waals surface area (Å²) in [5.74, 6) is -3.54. The summed E-state index contributed by atoms with van der Waals surface area (Å²) in [4.78, 5) is 135. The highest BCUT2D eigenvalue weighted by Crippen LogP contribution is 2.59. The predicted molar refractivity (Wildman–Crippen MR) is 545 cm³/mol. The van der Waals surface area contributed by atoms with Gasteiger partial charge in [0.25, 0.3) is 23.6 Å². The van der Waals surface area contributed by atoms with Crippen molar-refractivity contribution in [3.8, 4) is 46.0 Å². The molecular weight excluding hydrogens is 1730 g/mol. The number of benzene rings is 10. The Morgan fingerprint density at radius 1 is 0.399 bits per heavy atom.